The number of amides is 1. The topological polar surface area (TPSA) is 89.5 Å². The summed E-state index contributed by atoms with van der Waals surface area (Å²) < 4.78 is 27.5. The second-order valence-corrected chi connectivity index (χ2v) is 8.28. The minimum Gasteiger partial charge on any atom is -0.456 e. The fourth-order valence-electron chi connectivity index (χ4n) is 2.34. The molecule has 1 atom stereocenters. The summed E-state index contributed by atoms with van der Waals surface area (Å²) in [4.78, 5) is 23.4. The molecule has 1 amide bonds. The molecule has 1 fully saturated rings. The Labute approximate surface area is 140 Å². The molecule has 0 spiro atoms. The highest BCUT2D eigenvalue weighted by atomic mass is 35.5. The summed E-state index contributed by atoms with van der Waals surface area (Å²) in [6.07, 6.45) is 0.481. The molecule has 126 valence electrons. The molecule has 0 bridgehead atoms. The van der Waals surface area contributed by atoms with Crippen LogP contribution < -0.4 is 5.32 Å². The van der Waals surface area contributed by atoms with E-state index in [1.165, 1.54) is 0 Å². The number of aryl methyl sites for hydroxylation is 1. The summed E-state index contributed by atoms with van der Waals surface area (Å²) in [6, 6.07) is 5.08. The average Bonchev–Trinajstić information content (AvgIpc) is 2.80. The van der Waals surface area contributed by atoms with Gasteiger partial charge in [-0.1, -0.05) is 17.7 Å². The highest BCUT2D eigenvalue weighted by molar-refractivity contribution is 7.91. The zero-order valence-electron chi connectivity index (χ0n) is 12.7. The maximum atomic E-state index is 11.7. The lowest BCUT2D eigenvalue weighted by atomic mass is 10.1. The first-order valence-corrected chi connectivity index (χ1v) is 9.37. The maximum Gasteiger partial charge on any atom is 0.306 e. The lowest BCUT2D eigenvalue weighted by Crippen LogP contribution is -2.22. The molecule has 1 saturated heterocycles. The van der Waals surface area contributed by atoms with Gasteiger partial charge in [0.2, 0.25) is 0 Å². The Hall–Kier alpha value is -1.60. The van der Waals surface area contributed by atoms with Crippen molar-refractivity contribution in [2.24, 2.45) is 5.92 Å². The molecule has 2 rings (SSSR count). The fourth-order valence-corrected chi connectivity index (χ4v) is 4.38. The van der Waals surface area contributed by atoms with Crippen molar-refractivity contribution in [1.29, 1.82) is 0 Å². The lowest BCUT2D eigenvalue weighted by molar-refractivity contribution is -0.148. The van der Waals surface area contributed by atoms with Crippen molar-refractivity contribution in [3.8, 4) is 0 Å². The van der Waals surface area contributed by atoms with Gasteiger partial charge in [-0.2, -0.15) is 0 Å². The molecule has 23 heavy (non-hydrogen) atoms. The van der Waals surface area contributed by atoms with E-state index in [0.717, 1.165) is 5.56 Å². The Morgan fingerprint density at radius 3 is 2.74 bits per heavy atom. The van der Waals surface area contributed by atoms with Crippen LogP contribution in [0.25, 0.3) is 0 Å². The summed E-state index contributed by atoms with van der Waals surface area (Å²) in [7, 11) is -3.02. The zero-order valence-corrected chi connectivity index (χ0v) is 14.2. The van der Waals surface area contributed by atoms with Gasteiger partial charge in [-0.05, 0) is 37.0 Å². The second kappa shape index (κ2) is 7.31. The molecule has 1 heterocycles. The smallest absolute Gasteiger partial charge is 0.306 e. The Morgan fingerprint density at radius 2 is 2.13 bits per heavy atom. The Bertz CT molecular complexity index is 717. The van der Waals surface area contributed by atoms with Crippen molar-refractivity contribution in [3.05, 3.63) is 28.8 Å². The number of hydrogen-bond donors (Lipinski definition) is 1. The normalized spacial score (nSPS) is 19.3. The van der Waals surface area contributed by atoms with Crippen molar-refractivity contribution in [3.63, 3.8) is 0 Å². The van der Waals surface area contributed by atoms with E-state index >= 15 is 0 Å². The van der Waals surface area contributed by atoms with Crippen LogP contribution in [0.3, 0.4) is 0 Å². The number of carbonyl (C=O) groups excluding carboxylic acids is 2. The van der Waals surface area contributed by atoms with Crippen molar-refractivity contribution >= 4 is 39.0 Å². The van der Waals surface area contributed by atoms with Crippen LogP contribution in [-0.4, -0.2) is 38.4 Å². The van der Waals surface area contributed by atoms with Crippen LogP contribution in [0.1, 0.15) is 18.4 Å². The SMILES string of the molecule is Cc1ccc(NC(=O)COC(=O)C[C@@H]2CCS(=O)(=O)C2)cc1Cl. The maximum absolute atomic E-state index is 11.7. The fraction of sp³-hybridized carbons (Fsp3) is 0.467. The van der Waals surface area contributed by atoms with Gasteiger partial charge in [0.15, 0.2) is 16.4 Å². The van der Waals surface area contributed by atoms with Crippen LogP contribution in [0.4, 0.5) is 5.69 Å². The van der Waals surface area contributed by atoms with E-state index in [-0.39, 0.29) is 23.8 Å². The van der Waals surface area contributed by atoms with Gasteiger partial charge >= 0.3 is 5.97 Å². The van der Waals surface area contributed by atoms with Crippen molar-refractivity contribution in [2.75, 3.05) is 23.4 Å². The highest BCUT2D eigenvalue weighted by Gasteiger charge is 2.29. The second-order valence-electron chi connectivity index (χ2n) is 5.65. The summed E-state index contributed by atoms with van der Waals surface area (Å²) in [5.74, 6) is -1.14. The molecule has 0 aliphatic carbocycles. The first kappa shape index (κ1) is 17.7. The number of hydrogen-bond acceptors (Lipinski definition) is 5. The number of ether oxygens (including phenoxy) is 1. The number of halogens is 1. The molecule has 0 aromatic heterocycles. The number of nitrogens with one attached hydrogen (secondary N) is 1. The van der Waals surface area contributed by atoms with Crippen LogP contribution in [-0.2, 0) is 24.2 Å². The molecule has 0 radical (unpaired) electrons. The first-order chi connectivity index (χ1) is 10.7. The number of benzene rings is 1. The molecule has 0 unspecified atom stereocenters. The summed E-state index contributed by atoms with van der Waals surface area (Å²) in [5, 5.41) is 3.11. The molecule has 0 saturated carbocycles. The van der Waals surface area contributed by atoms with E-state index in [1.807, 2.05) is 6.92 Å². The van der Waals surface area contributed by atoms with E-state index in [4.69, 9.17) is 16.3 Å². The Kier molecular flexibility index (Phi) is 5.64. The lowest BCUT2D eigenvalue weighted by Gasteiger charge is -2.09. The van der Waals surface area contributed by atoms with Crippen molar-refractivity contribution in [2.45, 2.75) is 19.8 Å². The number of rotatable bonds is 5. The molecule has 6 nitrogen and oxygen atoms in total. The third-order valence-corrected chi connectivity index (χ3v) is 5.85. The molecular formula is C15H18ClNO5S. The number of anilines is 1. The first-order valence-electron chi connectivity index (χ1n) is 7.17. The van der Waals surface area contributed by atoms with Gasteiger partial charge in [0.05, 0.1) is 11.5 Å². The van der Waals surface area contributed by atoms with E-state index in [0.29, 0.717) is 17.1 Å². The molecule has 1 N–H and O–H groups in total. The molecular weight excluding hydrogens is 342 g/mol. The van der Waals surface area contributed by atoms with Crippen LogP contribution in [0, 0.1) is 12.8 Å². The number of sulfone groups is 1. The van der Waals surface area contributed by atoms with Gasteiger partial charge in [-0.25, -0.2) is 8.42 Å². The van der Waals surface area contributed by atoms with Gasteiger partial charge in [0.25, 0.3) is 5.91 Å². The third kappa shape index (κ3) is 5.51. The van der Waals surface area contributed by atoms with Crippen LogP contribution >= 0.6 is 11.6 Å². The van der Waals surface area contributed by atoms with Crippen LogP contribution in [0.5, 0.6) is 0 Å². The van der Waals surface area contributed by atoms with Crippen LogP contribution in [0.15, 0.2) is 18.2 Å². The van der Waals surface area contributed by atoms with Gasteiger partial charge in [0.1, 0.15) is 0 Å². The Morgan fingerprint density at radius 1 is 1.39 bits per heavy atom. The van der Waals surface area contributed by atoms with E-state index in [9.17, 15) is 18.0 Å². The van der Waals surface area contributed by atoms with E-state index in [1.54, 1.807) is 18.2 Å². The number of carbonyl (C=O) groups is 2. The van der Waals surface area contributed by atoms with Gasteiger partial charge in [-0.3, -0.25) is 9.59 Å². The average molecular weight is 360 g/mol. The van der Waals surface area contributed by atoms with Crippen molar-refractivity contribution < 1.29 is 22.7 Å². The van der Waals surface area contributed by atoms with Crippen molar-refractivity contribution in [1.82, 2.24) is 0 Å². The van der Waals surface area contributed by atoms with Crippen LogP contribution in [0.2, 0.25) is 5.02 Å². The molecule has 1 aromatic carbocycles. The predicted molar refractivity (Wildman–Crippen MR) is 87.2 cm³/mol. The monoisotopic (exact) mass is 359 g/mol. The zero-order chi connectivity index (χ0) is 17.0. The highest BCUT2D eigenvalue weighted by Crippen LogP contribution is 2.22. The van der Waals surface area contributed by atoms with E-state index in [2.05, 4.69) is 5.32 Å². The minimum atomic E-state index is -3.02. The summed E-state index contributed by atoms with van der Waals surface area (Å²) >= 11 is 5.96. The quantitative estimate of drug-likeness (QED) is 0.811. The standard InChI is InChI=1S/C15H18ClNO5S/c1-10-2-3-12(7-13(10)16)17-14(18)8-22-15(19)6-11-4-5-23(20,21)9-11/h2-3,7,11H,4-6,8-9H2,1H3,(H,17,18)/t11-/m0/s1. The number of esters is 1. The third-order valence-electron chi connectivity index (χ3n) is 3.60. The minimum absolute atomic E-state index is 0.0101. The molecule has 1 aliphatic rings. The molecule has 1 aromatic rings. The predicted octanol–water partition coefficient (Wildman–Crippen LogP) is 1.95. The summed E-state index contributed by atoms with van der Waals surface area (Å²) in [6.45, 7) is 1.43. The molecule has 1 aliphatic heterocycles. The summed E-state index contributed by atoms with van der Waals surface area (Å²) in [5.41, 5.74) is 1.41. The van der Waals surface area contributed by atoms with Gasteiger partial charge in [0, 0.05) is 17.1 Å². The molecule has 8 heteroatoms. The largest absolute Gasteiger partial charge is 0.456 e. The van der Waals surface area contributed by atoms with Gasteiger partial charge < -0.3 is 10.1 Å². The Balaban J connectivity index is 1.75. The van der Waals surface area contributed by atoms with E-state index < -0.39 is 28.3 Å². The van der Waals surface area contributed by atoms with Gasteiger partial charge in [-0.15, -0.1) is 0 Å².